The van der Waals surface area contributed by atoms with Crippen LogP contribution in [-0.2, 0) is 19.3 Å². The van der Waals surface area contributed by atoms with Gasteiger partial charge in [0.15, 0.2) is 6.10 Å². The Morgan fingerprint density at radius 1 is 1.17 bits per heavy atom. The molecule has 3 N–H and O–H groups in total. The van der Waals surface area contributed by atoms with Crippen molar-refractivity contribution in [2.45, 2.75) is 39.1 Å². The van der Waals surface area contributed by atoms with E-state index in [4.69, 9.17) is 20.4 Å². The Balaban J connectivity index is 4.80. The Morgan fingerprint density at radius 3 is 2.06 bits per heavy atom. The number of carbonyl (C=O) groups is 1. The van der Waals surface area contributed by atoms with E-state index < -0.39 is 36.1 Å². The minimum atomic E-state index is -1.41. The molecule has 106 valence electrons. The van der Waals surface area contributed by atoms with Crippen molar-refractivity contribution >= 4 is 5.97 Å². The summed E-state index contributed by atoms with van der Waals surface area (Å²) in [6, 6.07) is 0. The van der Waals surface area contributed by atoms with Gasteiger partial charge >= 0.3 is 5.97 Å². The molecule has 0 aromatic rings. The minimum Gasteiger partial charge on any atom is -0.496 e. The molecule has 0 radical (unpaired) electrons. The lowest BCUT2D eigenvalue weighted by Gasteiger charge is -2.31. The second-order valence-electron chi connectivity index (χ2n) is 4.16. The molecule has 0 aromatic heterocycles. The van der Waals surface area contributed by atoms with E-state index in [1.807, 2.05) is 0 Å². The standard InChI is InChI=1S/C11H20O7/c1-5-16-8(4)9(17-14)6(2)7(3)10(18-15)11(12)13/h5-10,14-15H,1H2,2-4H3,(H,12,13). The maximum absolute atomic E-state index is 10.8. The predicted octanol–water partition coefficient (Wildman–Crippen LogP) is 1.61. The first-order valence-electron chi connectivity index (χ1n) is 5.50. The van der Waals surface area contributed by atoms with Gasteiger partial charge in [-0.05, 0) is 12.8 Å². The number of carboxylic acid groups (broad SMARTS) is 1. The number of hydrogen-bond acceptors (Lipinski definition) is 6. The highest BCUT2D eigenvalue weighted by Crippen LogP contribution is 2.25. The van der Waals surface area contributed by atoms with Gasteiger partial charge in [0, 0.05) is 5.92 Å². The summed E-state index contributed by atoms with van der Waals surface area (Å²) in [5.74, 6) is -2.36. The zero-order valence-corrected chi connectivity index (χ0v) is 10.6. The van der Waals surface area contributed by atoms with Crippen molar-refractivity contribution in [1.82, 2.24) is 0 Å². The topological polar surface area (TPSA) is 105 Å². The van der Waals surface area contributed by atoms with Crippen molar-refractivity contribution < 1.29 is 34.9 Å². The molecule has 0 aromatic carbocycles. The van der Waals surface area contributed by atoms with Crippen LogP contribution in [-0.4, -0.2) is 39.9 Å². The lowest BCUT2D eigenvalue weighted by Crippen LogP contribution is -2.42. The largest absolute Gasteiger partial charge is 0.496 e. The smallest absolute Gasteiger partial charge is 0.336 e. The van der Waals surface area contributed by atoms with Crippen LogP contribution in [0.25, 0.3) is 0 Å². The SMILES string of the molecule is C=COC(C)C(OO)C(C)C(C)C(OO)C(=O)O. The number of carboxylic acids is 1. The van der Waals surface area contributed by atoms with E-state index in [1.54, 1.807) is 20.8 Å². The van der Waals surface area contributed by atoms with Gasteiger partial charge in [0.1, 0.15) is 12.2 Å². The van der Waals surface area contributed by atoms with Gasteiger partial charge in [0.05, 0.1) is 6.26 Å². The van der Waals surface area contributed by atoms with E-state index in [2.05, 4.69) is 16.4 Å². The third-order valence-corrected chi connectivity index (χ3v) is 3.08. The van der Waals surface area contributed by atoms with Crippen LogP contribution in [0.3, 0.4) is 0 Å². The lowest BCUT2D eigenvalue weighted by molar-refractivity contribution is -0.322. The van der Waals surface area contributed by atoms with Gasteiger partial charge in [0.25, 0.3) is 0 Å². The van der Waals surface area contributed by atoms with Crippen LogP contribution in [0.5, 0.6) is 0 Å². The molecule has 7 heteroatoms. The Kier molecular flexibility index (Phi) is 7.53. The van der Waals surface area contributed by atoms with Crippen molar-refractivity contribution in [3.05, 3.63) is 12.8 Å². The second kappa shape index (κ2) is 8.04. The molecule has 5 atom stereocenters. The Morgan fingerprint density at radius 2 is 1.72 bits per heavy atom. The molecule has 0 bridgehead atoms. The van der Waals surface area contributed by atoms with E-state index >= 15 is 0 Å². The van der Waals surface area contributed by atoms with Crippen molar-refractivity contribution in [3.8, 4) is 0 Å². The third kappa shape index (κ3) is 4.26. The fourth-order valence-electron chi connectivity index (χ4n) is 1.78. The highest BCUT2D eigenvalue weighted by atomic mass is 17.1. The minimum absolute atomic E-state index is 0.446. The molecule has 0 amide bonds. The van der Waals surface area contributed by atoms with Crippen LogP contribution in [0.4, 0.5) is 0 Å². The molecule has 0 aliphatic rings. The maximum atomic E-state index is 10.8. The second-order valence-corrected chi connectivity index (χ2v) is 4.16. The van der Waals surface area contributed by atoms with Crippen molar-refractivity contribution in [2.75, 3.05) is 0 Å². The number of hydrogen-bond donors (Lipinski definition) is 3. The monoisotopic (exact) mass is 264 g/mol. The van der Waals surface area contributed by atoms with E-state index in [1.165, 1.54) is 6.26 Å². The van der Waals surface area contributed by atoms with Crippen LogP contribution in [0.1, 0.15) is 20.8 Å². The van der Waals surface area contributed by atoms with Crippen molar-refractivity contribution in [2.24, 2.45) is 11.8 Å². The summed E-state index contributed by atoms with van der Waals surface area (Å²) < 4.78 is 5.07. The quantitative estimate of drug-likeness (QED) is 0.330. The van der Waals surface area contributed by atoms with Crippen LogP contribution in [0.2, 0.25) is 0 Å². The average Bonchev–Trinajstić information content (AvgIpc) is 2.30. The molecule has 0 rings (SSSR count). The molecule has 0 saturated heterocycles. The molecule has 5 unspecified atom stereocenters. The number of rotatable bonds is 9. The molecule has 0 heterocycles. The third-order valence-electron chi connectivity index (χ3n) is 3.08. The Labute approximate surface area is 105 Å². The first-order chi connectivity index (χ1) is 8.40. The van der Waals surface area contributed by atoms with Crippen molar-refractivity contribution in [3.63, 3.8) is 0 Å². The van der Waals surface area contributed by atoms with Gasteiger partial charge in [-0.2, -0.15) is 0 Å². The predicted molar refractivity (Wildman–Crippen MR) is 61.7 cm³/mol. The summed E-state index contributed by atoms with van der Waals surface area (Å²) in [6.07, 6.45) is -1.52. The number of ether oxygens (including phenoxy) is 1. The van der Waals surface area contributed by atoms with Gasteiger partial charge in [0.2, 0.25) is 0 Å². The molecule has 0 aliphatic carbocycles. The first-order valence-corrected chi connectivity index (χ1v) is 5.50. The fraction of sp³-hybridized carbons (Fsp3) is 0.727. The summed E-state index contributed by atoms with van der Waals surface area (Å²) in [5.41, 5.74) is 0. The normalized spacial score (nSPS) is 19.4. The maximum Gasteiger partial charge on any atom is 0.336 e. The highest BCUT2D eigenvalue weighted by molar-refractivity contribution is 5.72. The Bertz CT molecular complexity index is 268. The lowest BCUT2D eigenvalue weighted by atomic mass is 9.84. The zero-order valence-electron chi connectivity index (χ0n) is 10.6. The molecule has 0 fully saturated rings. The highest BCUT2D eigenvalue weighted by Gasteiger charge is 2.37. The molecule has 7 nitrogen and oxygen atoms in total. The van der Waals surface area contributed by atoms with Gasteiger partial charge in [-0.15, -0.1) is 0 Å². The van der Waals surface area contributed by atoms with Gasteiger partial charge in [-0.3, -0.25) is 10.5 Å². The molecular weight excluding hydrogens is 244 g/mol. The molecular formula is C11H20O7. The van der Waals surface area contributed by atoms with E-state index in [9.17, 15) is 4.79 Å². The first kappa shape index (κ1) is 16.9. The summed E-state index contributed by atoms with van der Waals surface area (Å²) in [7, 11) is 0. The molecule has 0 spiro atoms. The summed E-state index contributed by atoms with van der Waals surface area (Å²) in [5, 5.41) is 26.3. The van der Waals surface area contributed by atoms with Crippen LogP contribution < -0.4 is 0 Å². The van der Waals surface area contributed by atoms with Crippen LogP contribution in [0.15, 0.2) is 12.8 Å². The summed E-state index contributed by atoms with van der Waals surface area (Å²) >= 11 is 0. The van der Waals surface area contributed by atoms with Gasteiger partial charge in [-0.25, -0.2) is 14.6 Å². The van der Waals surface area contributed by atoms with Gasteiger partial charge in [-0.1, -0.05) is 20.4 Å². The van der Waals surface area contributed by atoms with Crippen LogP contribution >= 0.6 is 0 Å². The number of aliphatic carboxylic acids is 1. The van der Waals surface area contributed by atoms with E-state index in [0.717, 1.165) is 0 Å². The molecule has 18 heavy (non-hydrogen) atoms. The van der Waals surface area contributed by atoms with Gasteiger partial charge < -0.3 is 9.84 Å². The Hall–Kier alpha value is -1.15. The summed E-state index contributed by atoms with van der Waals surface area (Å²) in [6.45, 7) is 8.24. The van der Waals surface area contributed by atoms with Crippen molar-refractivity contribution in [1.29, 1.82) is 0 Å². The molecule has 0 aliphatic heterocycles. The summed E-state index contributed by atoms with van der Waals surface area (Å²) in [4.78, 5) is 19.1. The zero-order chi connectivity index (χ0) is 14.3. The fourth-order valence-corrected chi connectivity index (χ4v) is 1.78. The molecule has 0 saturated carbocycles. The van der Waals surface area contributed by atoms with E-state index in [0.29, 0.717) is 0 Å². The van der Waals surface area contributed by atoms with E-state index in [-0.39, 0.29) is 0 Å². The van der Waals surface area contributed by atoms with Crippen LogP contribution in [0, 0.1) is 11.8 Å². The average molecular weight is 264 g/mol.